The van der Waals surface area contributed by atoms with Crippen LogP contribution < -0.4 is 9.80 Å². The van der Waals surface area contributed by atoms with E-state index in [1.165, 1.54) is 20.7 Å². The topological polar surface area (TPSA) is 93.0 Å². The van der Waals surface area contributed by atoms with E-state index in [0.717, 1.165) is 17.0 Å². The molecule has 2 amide bonds. The molecule has 0 aliphatic carbocycles. The number of halogens is 3. The molecule has 4 rings (SSSR count). The number of carbonyl (C=O) groups is 2. The molecule has 13 heteroatoms. The Labute approximate surface area is 200 Å². The number of rotatable bonds is 5. The second kappa shape index (κ2) is 9.62. The number of hydrogen-bond donors (Lipinski definition) is 0. The molecule has 0 radical (unpaired) electrons. The molecule has 2 saturated heterocycles. The number of anilines is 2. The highest BCUT2D eigenvalue weighted by molar-refractivity contribution is 5.90. The highest BCUT2D eigenvalue weighted by Gasteiger charge is 2.35. The number of aromatic nitrogens is 3. The molecule has 3 heterocycles. The standard InChI is InChI=1S/C22H27F3N6O4/c1-22(2,3)35-20(32)29-6-4-28(5-7-29)19-17(24)8-15(9-18(19)25)31-13-16(34-21(31)33)12-30-11-14(10-23)26-27-30/h8-9,11,16H,4-7,10,12-13H2,1-3H3/t16-/m0/s1. The van der Waals surface area contributed by atoms with Crippen molar-refractivity contribution in [2.24, 2.45) is 0 Å². The first-order valence-corrected chi connectivity index (χ1v) is 11.2. The fourth-order valence-corrected chi connectivity index (χ4v) is 3.97. The summed E-state index contributed by atoms with van der Waals surface area (Å²) in [5.41, 5.74) is -0.683. The van der Waals surface area contributed by atoms with E-state index in [1.807, 2.05) is 0 Å². The quantitative estimate of drug-likeness (QED) is 0.628. The number of ether oxygens (including phenoxy) is 2. The van der Waals surface area contributed by atoms with E-state index < -0.39 is 42.2 Å². The Kier molecular flexibility index (Phi) is 6.77. The van der Waals surface area contributed by atoms with Crippen LogP contribution in [0.1, 0.15) is 26.5 Å². The van der Waals surface area contributed by atoms with Crippen molar-refractivity contribution in [2.45, 2.75) is 45.7 Å². The second-order valence-corrected chi connectivity index (χ2v) is 9.39. The van der Waals surface area contributed by atoms with Gasteiger partial charge in [-0.3, -0.25) is 4.90 Å². The van der Waals surface area contributed by atoms with Gasteiger partial charge in [-0.1, -0.05) is 5.21 Å². The smallest absolute Gasteiger partial charge is 0.414 e. The summed E-state index contributed by atoms with van der Waals surface area (Å²) in [5, 5.41) is 7.39. The van der Waals surface area contributed by atoms with Crippen molar-refractivity contribution in [3.05, 3.63) is 35.7 Å². The molecule has 1 atom stereocenters. The summed E-state index contributed by atoms with van der Waals surface area (Å²) in [6, 6.07) is 2.16. The number of carbonyl (C=O) groups excluding carboxylic acids is 2. The summed E-state index contributed by atoms with van der Waals surface area (Å²) in [4.78, 5) is 28.7. The van der Waals surface area contributed by atoms with Crippen molar-refractivity contribution in [3.8, 4) is 0 Å². The number of hydrogen-bond acceptors (Lipinski definition) is 7. The number of cyclic esters (lactones) is 1. The minimum atomic E-state index is -0.828. The van der Waals surface area contributed by atoms with Crippen molar-refractivity contribution in [1.29, 1.82) is 0 Å². The van der Waals surface area contributed by atoms with Gasteiger partial charge in [0.1, 0.15) is 29.8 Å². The van der Waals surface area contributed by atoms with Gasteiger partial charge in [-0.05, 0) is 20.8 Å². The predicted molar refractivity (Wildman–Crippen MR) is 119 cm³/mol. The molecule has 0 bridgehead atoms. The molecule has 2 aliphatic rings. The van der Waals surface area contributed by atoms with Gasteiger partial charge in [-0.15, -0.1) is 5.10 Å². The molecule has 2 aromatic rings. The molecule has 0 N–H and O–H groups in total. The van der Waals surface area contributed by atoms with Crippen LogP contribution in [0.2, 0.25) is 0 Å². The van der Waals surface area contributed by atoms with Crippen LogP contribution in [0.3, 0.4) is 0 Å². The fourth-order valence-electron chi connectivity index (χ4n) is 3.97. The van der Waals surface area contributed by atoms with E-state index >= 15 is 8.78 Å². The van der Waals surface area contributed by atoms with Crippen LogP contribution in [-0.4, -0.2) is 76.5 Å². The van der Waals surface area contributed by atoms with E-state index in [0.29, 0.717) is 0 Å². The first-order valence-electron chi connectivity index (χ1n) is 11.2. The Morgan fingerprint density at radius 1 is 1.17 bits per heavy atom. The highest BCUT2D eigenvalue weighted by atomic mass is 19.1. The minimum Gasteiger partial charge on any atom is -0.444 e. The van der Waals surface area contributed by atoms with Crippen molar-refractivity contribution in [1.82, 2.24) is 19.9 Å². The first kappa shape index (κ1) is 24.6. The molecule has 10 nitrogen and oxygen atoms in total. The van der Waals surface area contributed by atoms with Crippen molar-refractivity contribution in [2.75, 3.05) is 42.5 Å². The van der Waals surface area contributed by atoms with Gasteiger partial charge in [0.25, 0.3) is 0 Å². The highest BCUT2D eigenvalue weighted by Crippen LogP contribution is 2.32. The van der Waals surface area contributed by atoms with Crippen LogP contribution in [0, 0.1) is 11.6 Å². The Bertz CT molecular complexity index is 1070. The van der Waals surface area contributed by atoms with Gasteiger partial charge in [0.15, 0.2) is 11.6 Å². The zero-order valence-electron chi connectivity index (χ0n) is 19.7. The van der Waals surface area contributed by atoms with E-state index in [-0.39, 0.29) is 56.3 Å². The Balaban J connectivity index is 1.41. The maximum Gasteiger partial charge on any atom is 0.414 e. The fraction of sp³-hybridized carbons (Fsp3) is 0.545. The SMILES string of the molecule is CC(C)(C)OC(=O)N1CCN(c2c(F)cc(N3C[C@H](Cn4cc(CF)nn4)OC3=O)cc2F)CC1. The van der Waals surface area contributed by atoms with Crippen LogP contribution in [0.4, 0.5) is 34.1 Å². The molecule has 2 aliphatic heterocycles. The van der Waals surface area contributed by atoms with Crippen LogP contribution in [0.5, 0.6) is 0 Å². The van der Waals surface area contributed by atoms with E-state index in [1.54, 1.807) is 20.8 Å². The molecular weight excluding hydrogens is 469 g/mol. The average Bonchev–Trinajstić information content (AvgIpc) is 3.38. The third kappa shape index (κ3) is 5.60. The lowest BCUT2D eigenvalue weighted by molar-refractivity contribution is 0.0240. The molecule has 0 unspecified atom stereocenters. The third-order valence-electron chi connectivity index (χ3n) is 5.55. The van der Waals surface area contributed by atoms with Crippen molar-refractivity contribution >= 4 is 23.6 Å². The third-order valence-corrected chi connectivity index (χ3v) is 5.55. The largest absolute Gasteiger partial charge is 0.444 e. The zero-order chi connectivity index (χ0) is 25.3. The van der Waals surface area contributed by atoms with Gasteiger partial charge >= 0.3 is 12.2 Å². The first-order chi connectivity index (χ1) is 16.5. The molecular formula is C22H27F3N6O4. The molecule has 0 spiro atoms. The van der Waals surface area contributed by atoms with Crippen LogP contribution in [-0.2, 0) is 22.7 Å². The van der Waals surface area contributed by atoms with Gasteiger partial charge in [0.05, 0.1) is 25.0 Å². The Morgan fingerprint density at radius 2 is 1.83 bits per heavy atom. The number of piperazine rings is 1. The molecule has 35 heavy (non-hydrogen) atoms. The number of alkyl halides is 1. The predicted octanol–water partition coefficient (Wildman–Crippen LogP) is 3.11. The maximum absolute atomic E-state index is 15.0. The van der Waals surface area contributed by atoms with Gasteiger partial charge in [0.2, 0.25) is 0 Å². The zero-order valence-corrected chi connectivity index (χ0v) is 19.7. The summed E-state index contributed by atoms with van der Waals surface area (Å²) in [6.07, 6.45) is -0.475. The summed E-state index contributed by atoms with van der Waals surface area (Å²) >= 11 is 0. The Hall–Kier alpha value is -3.51. The lowest BCUT2D eigenvalue weighted by Crippen LogP contribution is -2.50. The monoisotopic (exact) mass is 496 g/mol. The van der Waals surface area contributed by atoms with E-state index in [2.05, 4.69) is 10.3 Å². The molecule has 1 aromatic heterocycles. The lowest BCUT2D eigenvalue weighted by Gasteiger charge is -2.37. The second-order valence-electron chi connectivity index (χ2n) is 9.39. The number of nitrogens with zero attached hydrogens (tertiary/aromatic N) is 6. The van der Waals surface area contributed by atoms with Crippen molar-refractivity contribution in [3.63, 3.8) is 0 Å². The van der Waals surface area contributed by atoms with Crippen LogP contribution in [0.15, 0.2) is 18.3 Å². The minimum absolute atomic E-state index is 0.0201. The van der Waals surface area contributed by atoms with Gasteiger partial charge < -0.3 is 19.3 Å². The van der Waals surface area contributed by atoms with Crippen LogP contribution >= 0.6 is 0 Å². The summed E-state index contributed by atoms with van der Waals surface area (Å²) < 4.78 is 54.6. The molecule has 1 aromatic carbocycles. The van der Waals surface area contributed by atoms with Gasteiger partial charge in [-0.25, -0.2) is 27.4 Å². The molecule has 190 valence electrons. The normalized spacial score (nSPS) is 18.7. The Morgan fingerprint density at radius 3 is 2.40 bits per heavy atom. The number of amides is 2. The number of benzene rings is 1. The van der Waals surface area contributed by atoms with E-state index in [9.17, 15) is 14.0 Å². The summed E-state index contributed by atoms with van der Waals surface area (Å²) in [6.45, 7) is 5.64. The lowest BCUT2D eigenvalue weighted by atomic mass is 10.2. The van der Waals surface area contributed by atoms with Gasteiger partial charge in [0, 0.05) is 38.3 Å². The summed E-state index contributed by atoms with van der Waals surface area (Å²) in [7, 11) is 0. The molecule has 0 saturated carbocycles. The average molecular weight is 496 g/mol. The summed E-state index contributed by atoms with van der Waals surface area (Å²) in [5.74, 6) is -1.66. The van der Waals surface area contributed by atoms with E-state index in [4.69, 9.17) is 9.47 Å². The van der Waals surface area contributed by atoms with Crippen LogP contribution in [0.25, 0.3) is 0 Å². The molecule has 2 fully saturated rings. The maximum atomic E-state index is 15.0. The van der Waals surface area contributed by atoms with Gasteiger partial charge in [-0.2, -0.15) is 0 Å². The van der Waals surface area contributed by atoms with Crippen molar-refractivity contribution < 1.29 is 32.2 Å².